The minimum Gasteiger partial charge on any atom is -0.287 e. The van der Waals surface area contributed by atoms with Gasteiger partial charge in [0.1, 0.15) is 0 Å². The van der Waals surface area contributed by atoms with E-state index in [1.807, 2.05) is 18.2 Å². The fourth-order valence-corrected chi connectivity index (χ4v) is 2.72. The highest BCUT2D eigenvalue weighted by atomic mass is 32.2. The van der Waals surface area contributed by atoms with Gasteiger partial charge in [-0.1, -0.05) is 18.2 Å². The molecule has 1 aromatic heterocycles. The van der Waals surface area contributed by atoms with E-state index in [0.717, 1.165) is 6.26 Å². The molecule has 98 valence electrons. The van der Waals surface area contributed by atoms with Crippen molar-refractivity contribution in [1.29, 1.82) is 0 Å². The molecule has 0 spiro atoms. The standard InChI is InChI=1S/C14H14NO3S/c1-19(17,18)14-8-4-3-7-12(14)13(16)11-15-9-5-2-6-10-15/h2-10H,11H2,1H3/q+1. The molecule has 0 radical (unpaired) electrons. The van der Waals surface area contributed by atoms with Gasteiger partial charge in [-0.05, 0) is 12.1 Å². The van der Waals surface area contributed by atoms with Gasteiger partial charge in [-0.2, -0.15) is 4.57 Å². The SMILES string of the molecule is CS(=O)(=O)c1ccccc1C(=O)C[n+]1ccccc1. The minimum atomic E-state index is -3.40. The van der Waals surface area contributed by atoms with Crippen molar-refractivity contribution in [2.75, 3.05) is 6.26 Å². The van der Waals surface area contributed by atoms with Gasteiger partial charge in [-0.3, -0.25) is 4.79 Å². The lowest BCUT2D eigenvalue weighted by Gasteiger charge is -2.04. The fraction of sp³-hybridized carbons (Fsp3) is 0.143. The van der Waals surface area contributed by atoms with Crippen molar-refractivity contribution in [3.8, 4) is 0 Å². The topological polar surface area (TPSA) is 55.1 Å². The van der Waals surface area contributed by atoms with Crippen LogP contribution in [-0.2, 0) is 16.4 Å². The molecule has 19 heavy (non-hydrogen) atoms. The number of benzene rings is 1. The summed E-state index contributed by atoms with van der Waals surface area (Å²) >= 11 is 0. The van der Waals surface area contributed by atoms with Crippen molar-refractivity contribution < 1.29 is 17.8 Å². The molecular formula is C14H14NO3S+. The van der Waals surface area contributed by atoms with E-state index >= 15 is 0 Å². The summed E-state index contributed by atoms with van der Waals surface area (Å²) in [6.45, 7) is 0.118. The molecule has 0 aliphatic heterocycles. The Bertz CT molecular complexity index is 694. The van der Waals surface area contributed by atoms with Crippen molar-refractivity contribution in [2.24, 2.45) is 0 Å². The average molecular weight is 276 g/mol. The van der Waals surface area contributed by atoms with Crippen LogP contribution in [0.25, 0.3) is 0 Å². The summed E-state index contributed by atoms with van der Waals surface area (Å²) in [4.78, 5) is 12.3. The summed E-state index contributed by atoms with van der Waals surface area (Å²) in [5.74, 6) is -0.225. The summed E-state index contributed by atoms with van der Waals surface area (Å²) in [5.41, 5.74) is 0.237. The number of rotatable bonds is 4. The van der Waals surface area contributed by atoms with Crippen molar-refractivity contribution in [1.82, 2.24) is 0 Å². The van der Waals surface area contributed by atoms with E-state index in [4.69, 9.17) is 0 Å². The number of nitrogens with zero attached hydrogens (tertiary/aromatic N) is 1. The Morgan fingerprint density at radius 1 is 1.05 bits per heavy atom. The Morgan fingerprint density at radius 3 is 2.32 bits per heavy atom. The molecule has 0 amide bonds. The van der Waals surface area contributed by atoms with E-state index in [9.17, 15) is 13.2 Å². The second-order valence-corrected chi connectivity index (χ2v) is 6.22. The van der Waals surface area contributed by atoms with Crippen LogP contribution in [0.4, 0.5) is 0 Å². The molecule has 5 heteroatoms. The van der Waals surface area contributed by atoms with Gasteiger partial charge in [0.2, 0.25) is 12.3 Å². The first-order valence-electron chi connectivity index (χ1n) is 5.75. The van der Waals surface area contributed by atoms with Crippen LogP contribution in [0.2, 0.25) is 0 Å². The average Bonchev–Trinajstić information content (AvgIpc) is 2.39. The highest BCUT2D eigenvalue weighted by molar-refractivity contribution is 7.90. The molecule has 0 aliphatic rings. The number of carbonyl (C=O) groups excluding carboxylic acids is 1. The van der Waals surface area contributed by atoms with Crippen LogP contribution < -0.4 is 4.57 Å². The van der Waals surface area contributed by atoms with Gasteiger partial charge in [0.15, 0.2) is 22.2 Å². The Labute approximate surface area is 112 Å². The van der Waals surface area contributed by atoms with Gasteiger partial charge in [0.05, 0.1) is 4.90 Å². The Morgan fingerprint density at radius 2 is 1.68 bits per heavy atom. The lowest BCUT2D eigenvalue weighted by atomic mass is 10.1. The first kappa shape index (κ1) is 13.4. The Balaban J connectivity index is 2.35. The number of aromatic nitrogens is 1. The first-order valence-corrected chi connectivity index (χ1v) is 7.64. The molecule has 0 aliphatic carbocycles. The lowest BCUT2D eigenvalue weighted by molar-refractivity contribution is -0.683. The highest BCUT2D eigenvalue weighted by Crippen LogP contribution is 2.15. The van der Waals surface area contributed by atoms with E-state index < -0.39 is 9.84 Å². The number of pyridine rings is 1. The van der Waals surface area contributed by atoms with E-state index in [1.165, 1.54) is 6.07 Å². The first-order chi connectivity index (χ1) is 8.98. The van der Waals surface area contributed by atoms with Gasteiger partial charge in [0.25, 0.3) is 0 Å². The molecule has 0 bridgehead atoms. The second kappa shape index (κ2) is 5.32. The van der Waals surface area contributed by atoms with E-state index in [-0.39, 0.29) is 22.8 Å². The molecular weight excluding hydrogens is 262 g/mol. The maximum Gasteiger partial charge on any atom is 0.228 e. The highest BCUT2D eigenvalue weighted by Gasteiger charge is 2.20. The second-order valence-electron chi connectivity index (χ2n) is 4.24. The predicted octanol–water partition coefficient (Wildman–Crippen LogP) is 1.26. The van der Waals surface area contributed by atoms with Gasteiger partial charge >= 0.3 is 0 Å². The number of ketones is 1. The van der Waals surface area contributed by atoms with E-state index in [1.54, 1.807) is 35.2 Å². The Hall–Kier alpha value is -2.01. The smallest absolute Gasteiger partial charge is 0.228 e. The van der Waals surface area contributed by atoms with Crippen molar-refractivity contribution in [3.63, 3.8) is 0 Å². The zero-order valence-corrected chi connectivity index (χ0v) is 11.3. The molecule has 0 N–H and O–H groups in total. The number of sulfone groups is 1. The molecule has 0 atom stereocenters. The lowest BCUT2D eigenvalue weighted by Crippen LogP contribution is -2.37. The van der Waals surface area contributed by atoms with Gasteiger partial charge in [-0.15, -0.1) is 0 Å². The third-order valence-electron chi connectivity index (χ3n) is 2.69. The molecule has 0 saturated carbocycles. The normalized spacial score (nSPS) is 11.2. The maximum atomic E-state index is 12.2. The maximum absolute atomic E-state index is 12.2. The third-order valence-corrected chi connectivity index (χ3v) is 3.85. The van der Waals surface area contributed by atoms with Crippen LogP contribution in [0, 0.1) is 0 Å². The minimum absolute atomic E-state index is 0.0801. The summed E-state index contributed by atoms with van der Waals surface area (Å²) in [7, 11) is -3.40. The van der Waals surface area contributed by atoms with Gasteiger partial charge < -0.3 is 0 Å². The number of Topliss-reactive ketones (excluding diaryl/α,β-unsaturated/α-hetero) is 1. The van der Waals surface area contributed by atoms with Crippen LogP contribution in [0.1, 0.15) is 10.4 Å². The van der Waals surface area contributed by atoms with Crippen molar-refractivity contribution in [2.45, 2.75) is 11.4 Å². The van der Waals surface area contributed by atoms with Crippen LogP contribution in [0.5, 0.6) is 0 Å². The molecule has 1 heterocycles. The molecule has 2 aromatic rings. The number of hydrogen-bond acceptors (Lipinski definition) is 3. The third kappa shape index (κ3) is 3.26. The van der Waals surface area contributed by atoms with Crippen molar-refractivity contribution in [3.05, 3.63) is 60.4 Å². The summed E-state index contributed by atoms with van der Waals surface area (Å²) in [5, 5.41) is 0. The molecule has 0 saturated heterocycles. The van der Waals surface area contributed by atoms with Gasteiger partial charge in [0, 0.05) is 24.0 Å². The monoisotopic (exact) mass is 276 g/mol. The summed E-state index contributed by atoms with van der Waals surface area (Å²) in [6.07, 6.45) is 4.64. The number of carbonyl (C=O) groups is 1. The molecule has 1 aromatic carbocycles. The fourth-order valence-electron chi connectivity index (χ4n) is 1.81. The van der Waals surface area contributed by atoms with Crippen LogP contribution in [0.15, 0.2) is 59.8 Å². The van der Waals surface area contributed by atoms with Crippen LogP contribution in [-0.4, -0.2) is 20.5 Å². The summed E-state index contributed by atoms with van der Waals surface area (Å²) < 4.78 is 25.0. The zero-order chi connectivity index (χ0) is 13.9. The van der Waals surface area contributed by atoms with E-state index in [0.29, 0.717) is 0 Å². The Kier molecular flexibility index (Phi) is 3.76. The van der Waals surface area contributed by atoms with E-state index in [2.05, 4.69) is 0 Å². The molecule has 4 nitrogen and oxygen atoms in total. The van der Waals surface area contributed by atoms with Crippen molar-refractivity contribution >= 4 is 15.6 Å². The van der Waals surface area contributed by atoms with Crippen LogP contribution in [0.3, 0.4) is 0 Å². The zero-order valence-electron chi connectivity index (χ0n) is 10.5. The largest absolute Gasteiger partial charge is 0.287 e. The summed E-state index contributed by atoms with van der Waals surface area (Å²) in [6, 6.07) is 11.8. The predicted molar refractivity (Wildman–Crippen MR) is 70.5 cm³/mol. The molecule has 0 unspecified atom stereocenters. The molecule has 2 rings (SSSR count). The quantitative estimate of drug-likeness (QED) is 0.624. The van der Waals surface area contributed by atoms with Gasteiger partial charge in [-0.25, -0.2) is 8.42 Å². The molecule has 0 fully saturated rings. The van der Waals surface area contributed by atoms with Crippen LogP contribution >= 0.6 is 0 Å². The number of hydrogen-bond donors (Lipinski definition) is 0.